The Hall–Kier alpha value is -2.22. The Morgan fingerprint density at radius 2 is 0.980 bits per heavy atom. The molecular weight excluding hydrogens is 640 g/mol. The fourth-order valence-electron chi connectivity index (χ4n) is 5.32. The lowest BCUT2D eigenvalue weighted by Gasteiger charge is -2.19. The van der Waals surface area contributed by atoms with E-state index < -0.39 is 5.92 Å². The standard InChI is InChI=1S/C44H78O7/c1-4-7-10-13-16-17-18-19-20-21-22-23-24-25-28-33-42(46)50-39-41(38-45)40-51-43(47)34-29-30-35-44(48-36-31-26-14-11-8-5-2)49-37-32-27-15-12-9-6-3/h8-9,11-12,16-17,19-20,41,44-45H,4-7,10,13-15,18,21-40H2,1-3H3/b11-8-,12-9-,17-16?,20-19-. The zero-order valence-electron chi connectivity index (χ0n) is 33.2. The number of esters is 2. The third-order valence-electron chi connectivity index (χ3n) is 8.56. The molecule has 0 saturated heterocycles. The molecule has 7 nitrogen and oxygen atoms in total. The van der Waals surface area contributed by atoms with Gasteiger partial charge in [0, 0.05) is 26.1 Å². The predicted octanol–water partition coefficient (Wildman–Crippen LogP) is 11.7. The third-order valence-corrected chi connectivity index (χ3v) is 8.56. The van der Waals surface area contributed by atoms with Gasteiger partial charge in [0.15, 0.2) is 6.29 Å². The number of hydrogen-bond acceptors (Lipinski definition) is 7. The topological polar surface area (TPSA) is 91.3 Å². The molecule has 0 rings (SSSR count). The van der Waals surface area contributed by atoms with Crippen molar-refractivity contribution in [3.05, 3.63) is 48.6 Å². The number of aliphatic hydroxyl groups is 1. The van der Waals surface area contributed by atoms with Crippen molar-refractivity contribution in [1.82, 2.24) is 0 Å². The molecular formula is C44H78O7. The minimum absolute atomic E-state index is 0.0437. The first kappa shape index (κ1) is 48.8. The van der Waals surface area contributed by atoms with Crippen LogP contribution in [0.3, 0.4) is 0 Å². The summed E-state index contributed by atoms with van der Waals surface area (Å²) in [6, 6.07) is 0. The highest BCUT2D eigenvalue weighted by molar-refractivity contribution is 5.69. The molecule has 0 bridgehead atoms. The van der Waals surface area contributed by atoms with Crippen molar-refractivity contribution in [2.75, 3.05) is 33.0 Å². The second-order valence-corrected chi connectivity index (χ2v) is 13.6. The molecule has 7 heteroatoms. The van der Waals surface area contributed by atoms with Crippen molar-refractivity contribution in [2.24, 2.45) is 5.92 Å². The first-order chi connectivity index (χ1) is 25.1. The molecule has 0 saturated carbocycles. The van der Waals surface area contributed by atoms with Crippen molar-refractivity contribution in [3.63, 3.8) is 0 Å². The van der Waals surface area contributed by atoms with E-state index in [9.17, 15) is 14.7 Å². The lowest BCUT2D eigenvalue weighted by Crippen LogP contribution is -2.24. The monoisotopic (exact) mass is 719 g/mol. The molecule has 0 spiro atoms. The number of carbonyl (C=O) groups excluding carboxylic acids is 2. The van der Waals surface area contributed by atoms with E-state index in [2.05, 4.69) is 69.4 Å². The lowest BCUT2D eigenvalue weighted by atomic mass is 10.1. The van der Waals surface area contributed by atoms with Crippen LogP contribution >= 0.6 is 0 Å². The van der Waals surface area contributed by atoms with Crippen LogP contribution in [0.5, 0.6) is 0 Å². The van der Waals surface area contributed by atoms with Crippen LogP contribution in [0.15, 0.2) is 48.6 Å². The maximum absolute atomic E-state index is 12.4. The van der Waals surface area contributed by atoms with Crippen LogP contribution in [0.1, 0.15) is 175 Å². The third kappa shape index (κ3) is 37.3. The summed E-state index contributed by atoms with van der Waals surface area (Å²) in [7, 11) is 0. The Morgan fingerprint density at radius 3 is 1.49 bits per heavy atom. The fourth-order valence-corrected chi connectivity index (χ4v) is 5.32. The van der Waals surface area contributed by atoms with E-state index >= 15 is 0 Å². The van der Waals surface area contributed by atoms with Gasteiger partial charge >= 0.3 is 11.9 Å². The Morgan fingerprint density at radius 1 is 0.529 bits per heavy atom. The average Bonchev–Trinajstić information content (AvgIpc) is 3.13. The summed E-state index contributed by atoms with van der Waals surface area (Å²) in [6.07, 6.45) is 41.6. The number of unbranched alkanes of at least 4 members (excludes halogenated alkanes) is 13. The second-order valence-electron chi connectivity index (χ2n) is 13.6. The van der Waals surface area contributed by atoms with Gasteiger partial charge in [0.1, 0.15) is 0 Å². The van der Waals surface area contributed by atoms with Crippen molar-refractivity contribution in [2.45, 2.75) is 181 Å². The van der Waals surface area contributed by atoms with Crippen LogP contribution in [0.25, 0.3) is 0 Å². The highest BCUT2D eigenvalue weighted by Crippen LogP contribution is 2.13. The van der Waals surface area contributed by atoms with Gasteiger partial charge in [-0.3, -0.25) is 9.59 Å². The van der Waals surface area contributed by atoms with Crippen LogP contribution in [-0.2, 0) is 28.5 Å². The minimum Gasteiger partial charge on any atom is -0.465 e. The lowest BCUT2D eigenvalue weighted by molar-refractivity contribution is -0.152. The van der Waals surface area contributed by atoms with Gasteiger partial charge in [-0.15, -0.1) is 0 Å². The molecule has 0 amide bonds. The van der Waals surface area contributed by atoms with Gasteiger partial charge in [-0.2, -0.15) is 0 Å². The molecule has 0 aromatic heterocycles. The van der Waals surface area contributed by atoms with Crippen LogP contribution in [0.4, 0.5) is 0 Å². The van der Waals surface area contributed by atoms with Gasteiger partial charge in [-0.1, -0.05) is 101 Å². The van der Waals surface area contributed by atoms with Crippen LogP contribution in [-0.4, -0.2) is 56.4 Å². The predicted molar refractivity (Wildman–Crippen MR) is 213 cm³/mol. The van der Waals surface area contributed by atoms with E-state index in [-0.39, 0.29) is 38.0 Å². The Balaban J connectivity index is 4.06. The highest BCUT2D eigenvalue weighted by atomic mass is 16.7. The average molecular weight is 719 g/mol. The molecule has 0 heterocycles. The maximum Gasteiger partial charge on any atom is 0.305 e. The molecule has 1 N–H and O–H groups in total. The van der Waals surface area contributed by atoms with Gasteiger partial charge in [0.25, 0.3) is 0 Å². The molecule has 296 valence electrons. The molecule has 0 aromatic carbocycles. The summed E-state index contributed by atoms with van der Waals surface area (Å²) < 4.78 is 22.9. The summed E-state index contributed by atoms with van der Waals surface area (Å²) in [6.45, 7) is 7.77. The van der Waals surface area contributed by atoms with Crippen LogP contribution < -0.4 is 0 Å². The summed E-state index contributed by atoms with van der Waals surface area (Å²) in [5, 5.41) is 9.70. The highest BCUT2D eigenvalue weighted by Gasteiger charge is 2.15. The summed E-state index contributed by atoms with van der Waals surface area (Å²) >= 11 is 0. The van der Waals surface area contributed by atoms with Crippen molar-refractivity contribution >= 4 is 11.9 Å². The maximum atomic E-state index is 12.4. The van der Waals surface area contributed by atoms with Gasteiger partial charge < -0.3 is 24.1 Å². The zero-order chi connectivity index (χ0) is 37.3. The Kier molecular flexibility index (Phi) is 38.8. The quantitative estimate of drug-likeness (QED) is 0.0294. The number of aliphatic hydroxyl groups excluding tert-OH is 1. The van der Waals surface area contributed by atoms with E-state index in [1.54, 1.807) is 0 Å². The van der Waals surface area contributed by atoms with E-state index in [1.165, 1.54) is 38.5 Å². The van der Waals surface area contributed by atoms with Crippen molar-refractivity contribution in [3.8, 4) is 0 Å². The van der Waals surface area contributed by atoms with E-state index in [1.807, 2.05) is 0 Å². The molecule has 0 aliphatic rings. The molecule has 0 aliphatic heterocycles. The summed E-state index contributed by atoms with van der Waals surface area (Å²) in [5.74, 6) is -0.974. The number of carbonyl (C=O) groups is 2. The number of ether oxygens (including phenoxy) is 4. The van der Waals surface area contributed by atoms with E-state index in [0.717, 1.165) is 96.3 Å². The SMILES string of the molecule is CC/C=C\CCCCOC(CCCCC(=O)OCC(CO)COC(=O)CCCCCCC/C=C\CC=CCCCCC)OCCCC/C=C\CC. The van der Waals surface area contributed by atoms with Gasteiger partial charge in [-0.05, 0) is 109 Å². The molecule has 0 aliphatic carbocycles. The fraction of sp³-hybridized carbons (Fsp3) is 0.773. The van der Waals surface area contributed by atoms with Gasteiger partial charge in [-0.25, -0.2) is 0 Å². The molecule has 1 unspecified atom stereocenters. The van der Waals surface area contributed by atoms with E-state index in [4.69, 9.17) is 18.9 Å². The largest absolute Gasteiger partial charge is 0.465 e. The van der Waals surface area contributed by atoms with Crippen molar-refractivity contribution < 1.29 is 33.6 Å². The van der Waals surface area contributed by atoms with E-state index in [0.29, 0.717) is 32.5 Å². The normalized spacial score (nSPS) is 12.7. The molecule has 0 fully saturated rings. The minimum atomic E-state index is -0.413. The second kappa shape index (κ2) is 40.5. The number of allylic oxidation sites excluding steroid dienone is 8. The number of rotatable bonds is 38. The van der Waals surface area contributed by atoms with Gasteiger partial charge in [0.05, 0.1) is 25.7 Å². The van der Waals surface area contributed by atoms with Crippen molar-refractivity contribution in [1.29, 1.82) is 0 Å². The van der Waals surface area contributed by atoms with Crippen LogP contribution in [0.2, 0.25) is 0 Å². The smallest absolute Gasteiger partial charge is 0.305 e. The number of hydrogen-bond donors (Lipinski definition) is 1. The summed E-state index contributed by atoms with van der Waals surface area (Å²) in [5.41, 5.74) is 0. The molecule has 1 atom stereocenters. The molecule has 0 aromatic rings. The van der Waals surface area contributed by atoms with Crippen LogP contribution in [0, 0.1) is 5.92 Å². The first-order valence-corrected chi connectivity index (χ1v) is 20.8. The Bertz CT molecular complexity index is 855. The summed E-state index contributed by atoms with van der Waals surface area (Å²) in [4.78, 5) is 24.5. The zero-order valence-corrected chi connectivity index (χ0v) is 33.2. The van der Waals surface area contributed by atoms with Gasteiger partial charge in [0.2, 0.25) is 0 Å². The molecule has 0 radical (unpaired) electrons. The molecule has 51 heavy (non-hydrogen) atoms. The first-order valence-electron chi connectivity index (χ1n) is 20.8. The Labute approximate surface area is 313 Å².